The van der Waals surface area contributed by atoms with Crippen LogP contribution in [0.5, 0.6) is 5.75 Å². The van der Waals surface area contributed by atoms with Gasteiger partial charge in [-0.1, -0.05) is 18.6 Å². The maximum atomic E-state index is 11.6. The fraction of sp³-hybridized carbons (Fsp3) is 0.632. The van der Waals surface area contributed by atoms with Crippen LogP contribution in [0, 0.1) is 0 Å². The van der Waals surface area contributed by atoms with E-state index in [1.54, 1.807) is 0 Å². The quantitative estimate of drug-likeness (QED) is 0.703. The zero-order chi connectivity index (χ0) is 17.2. The minimum atomic E-state index is 0.0399. The van der Waals surface area contributed by atoms with Crippen LogP contribution in [0.4, 0.5) is 0 Å². The minimum Gasteiger partial charge on any atom is -0.494 e. The Morgan fingerprint density at radius 3 is 2.54 bits per heavy atom. The van der Waals surface area contributed by atoms with Crippen molar-refractivity contribution in [1.82, 2.24) is 15.1 Å². The maximum absolute atomic E-state index is 11.6. The van der Waals surface area contributed by atoms with E-state index in [2.05, 4.69) is 10.2 Å². The smallest absolute Gasteiger partial charge is 0.234 e. The van der Waals surface area contributed by atoms with Crippen molar-refractivity contribution in [2.45, 2.75) is 32.2 Å². The Balaban J connectivity index is 1.61. The Morgan fingerprint density at radius 2 is 1.88 bits per heavy atom. The van der Waals surface area contributed by atoms with E-state index in [9.17, 15) is 4.79 Å². The lowest BCUT2D eigenvalue weighted by atomic mass is 10.1. The number of piperidine rings is 1. The summed E-state index contributed by atoms with van der Waals surface area (Å²) >= 11 is 0. The SMILES string of the molecule is CN(C)CC(=O)NCc1ccc(OCCCN2CCCCC2)cc1. The molecular formula is C19H31N3O2. The second-order valence-corrected chi connectivity index (χ2v) is 6.76. The van der Waals surface area contributed by atoms with Crippen molar-refractivity contribution in [3.05, 3.63) is 29.8 Å². The first-order valence-electron chi connectivity index (χ1n) is 8.99. The molecule has 5 nitrogen and oxygen atoms in total. The number of nitrogens with one attached hydrogen (secondary N) is 1. The van der Waals surface area contributed by atoms with Crippen LogP contribution in [0.25, 0.3) is 0 Å². The fourth-order valence-electron chi connectivity index (χ4n) is 2.91. The zero-order valence-electron chi connectivity index (χ0n) is 15.1. The standard InChI is InChI=1S/C19H31N3O2/c1-21(2)16-19(23)20-15-17-7-9-18(10-8-17)24-14-6-13-22-11-4-3-5-12-22/h7-10H,3-6,11-16H2,1-2H3,(H,20,23). The number of carbonyl (C=O) groups excluding carboxylic acids is 1. The molecule has 1 N–H and O–H groups in total. The third-order valence-electron chi connectivity index (χ3n) is 4.21. The molecule has 0 aromatic heterocycles. The summed E-state index contributed by atoms with van der Waals surface area (Å²) in [4.78, 5) is 16.0. The molecule has 2 rings (SSSR count). The molecule has 1 heterocycles. The lowest BCUT2D eigenvalue weighted by molar-refractivity contribution is -0.121. The highest BCUT2D eigenvalue weighted by molar-refractivity contribution is 5.77. The van der Waals surface area contributed by atoms with Crippen LogP contribution in [0.2, 0.25) is 0 Å². The minimum absolute atomic E-state index is 0.0399. The number of hydrogen-bond donors (Lipinski definition) is 1. The third-order valence-corrected chi connectivity index (χ3v) is 4.21. The summed E-state index contributed by atoms with van der Waals surface area (Å²) in [7, 11) is 3.77. The number of carbonyl (C=O) groups is 1. The highest BCUT2D eigenvalue weighted by atomic mass is 16.5. The van der Waals surface area contributed by atoms with E-state index < -0.39 is 0 Å². The first kappa shape index (κ1) is 18.7. The van der Waals surface area contributed by atoms with E-state index in [0.29, 0.717) is 13.1 Å². The first-order valence-corrected chi connectivity index (χ1v) is 8.99. The summed E-state index contributed by atoms with van der Waals surface area (Å²) < 4.78 is 5.81. The van der Waals surface area contributed by atoms with E-state index in [1.165, 1.54) is 32.4 Å². The van der Waals surface area contributed by atoms with E-state index >= 15 is 0 Å². The van der Waals surface area contributed by atoms with E-state index in [0.717, 1.165) is 30.9 Å². The Hall–Kier alpha value is -1.59. The van der Waals surface area contributed by atoms with Crippen molar-refractivity contribution in [2.75, 3.05) is 46.9 Å². The van der Waals surface area contributed by atoms with Crippen LogP contribution in [-0.2, 0) is 11.3 Å². The molecule has 1 fully saturated rings. The summed E-state index contributed by atoms with van der Waals surface area (Å²) in [6.45, 7) is 5.36. The van der Waals surface area contributed by atoms with Gasteiger partial charge in [0.25, 0.3) is 0 Å². The van der Waals surface area contributed by atoms with Gasteiger partial charge in [-0.25, -0.2) is 0 Å². The molecule has 134 valence electrons. The molecular weight excluding hydrogens is 302 g/mol. The highest BCUT2D eigenvalue weighted by Gasteiger charge is 2.09. The van der Waals surface area contributed by atoms with Gasteiger partial charge in [0.05, 0.1) is 13.2 Å². The summed E-state index contributed by atoms with van der Waals surface area (Å²) in [5.41, 5.74) is 1.09. The van der Waals surface area contributed by atoms with Crippen LogP contribution in [-0.4, -0.2) is 62.6 Å². The van der Waals surface area contributed by atoms with Gasteiger partial charge in [-0.15, -0.1) is 0 Å². The van der Waals surface area contributed by atoms with Crippen LogP contribution >= 0.6 is 0 Å². The lowest BCUT2D eigenvalue weighted by Crippen LogP contribution is -2.32. The maximum Gasteiger partial charge on any atom is 0.234 e. The molecule has 1 aliphatic rings. The Bertz CT molecular complexity index is 482. The number of likely N-dealkylation sites (tertiary alicyclic amines) is 1. The largest absolute Gasteiger partial charge is 0.494 e. The zero-order valence-corrected chi connectivity index (χ0v) is 15.1. The molecule has 0 saturated carbocycles. The Labute approximate surface area is 146 Å². The molecule has 1 aliphatic heterocycles. The average molecular weight is 333 g/mol. The van der Waals surface area contributed by atoms with Crippen LogP contribution in [0.15, 0.2) is 24.3 Å². The summed E-state index contributed by atoms with van der Waals surface area (Å²) in [5.74, 6) is 0.940. The fourth-order valence-corrected chi connectivity index (χ4v) is 2.91. The molecule has 1 aromatic carbocycles. The van der Waals surface area contributed by atoms with Gasteiger partial charge in [0.15, 0.2) is 0 Å². The predicted octanol–water partition coefficient (Wildman–Crippen LogP) is 2.12. The van der Waals surface area contributed by atoms with Gasteiger partial charge in [0.2, 0.25) is 5.91 Å². The second kappa shape index (κ2) is 10.3. The molecule has 24 heavy (non-hydrogen) atoms. The van der Waals surface area contributed by atoms with Crippen LogP contribution < -0.4 is 10.1 Å². The predicted molar refractivity (Wildman–Crippen MR) is 97.2 cm³/mol. The van der Waals surface area contributed by atoms with Gasteiger partial charge in [0, 0.05) is 13.1 Å². The molecule has 0 bridgehead atoms. The second-order valence-electron chi connectivity index (χ2n) is 6.76. The van der Waals surface area contributed by atoms with Crippen molar-refractivity contribution < 1.29 is 9.53 Å². The average Bonchev–Trinajstić information content (AvgIpc) is 2.58. The van der Waals surface area contributed by atoms with Gasteiger partial charge in [-0.05, 0) is 64.1 Å². The third kappa shape index (κ3) is 7.32. The number of amides is 1. The number of likely N-dealkylation sites (N-methyl/N-ethyl adjacent to an activating group) is 1. The van der Waals surface area contributed by atoms with Gasteiger partial charge < -0.3 is 19.9 Å². The molecule has 0 aliphatic carbocycles. The first-order chi connectivity index (χ1) is 11.6. The van der Waals surface area contributed by atoms with Gasteiger partial charge in [0.1, 0.15) is 5.75 Å². The van der Waals surface area contributed by atoms with Crippen molar-refractivity contribution >= 4 is 5.91 Å². The molecule has 5 heteroatoms. The molecule has 0 unspecified atom stereocenters. The van der Waals surface area contributed by atoms with Gasteiger partial charge in [-0.3, -0.25) is 4.79 Å². The number of benzene rings is 1. The highest BCUT2D eigenvalue weighted by Crippen LogP contribution is 2.13. The lowest BCUT2D eigenvalue weighted by Gasteiger charge is -2.26. The molecule has 1 aromatic rings. The van der Waals surface area contributed by atoms with E-state index in [1.807, 2.05) is 43.3 Å². The van der Waals surface area contributed by atoms with Gasteiger partial charge >= 0.3 is 0 Å². The molecule has 0 radical (unpaired) electrons. The summed E-state index contributed by atoms with van der Waals surface area (Å²) in [6.07, 6.45) is 5.14. The molecule has 1 amide bonds. The van der Waals surface area contributed by atoms with Crippen LogP contribution in [0.3, 0.4) is 0 Å². The van der Waals surface area contributed by atoms with Crippen molar-refractivity contribution in [3.8, 4) is 5.75 Å². The number of ether oxygens (including phenoxy) is 1. The van der Waals surface area contributed by atoms with E-state index in [-0.39, 0.29) is 5.91 Å². The number of rotatable bonds is 9. The molecule has 1 saturated heterocycles. The van der Waals surface area contributed by atoms with Crippen molar-refractivity contribution in [1.29, 1.82) is 0 Å². The topological polar surface area (TPSA) is 44.8 Å². The normalized spacial score (nSPS) is 15.5. The Kier molecular flexibility index (Phi) is 8.05. The van der Waals surface area contributed by atoms with Gasteiger partial charge in [-0.2, -0.15) is 0 Å². The monoisotopic (exact) mass is 333 g/mol. The van der Waals surface area contributed by atoms with E-state index in [4.69, 9.17) is 4.74 Å². The Morgan fingerprint density at radius 1 is 1.17 bits per heavy atom. The molecule has 0 atom stereocenters. The van der Waals surface area contributed by atoms with Crippen molar-refractivity contribution in [3.63, 3.8) is 0 Å². The molecule has 0 spiro atoms. The van der Waals surface area contributed by atoms with Crippen LogP contribution in [0.1, 0.15) is 31.2 Å². The number of nitrogens with zero attached hydrogens (tertiary/aromatic N) is 2. The number of hydrogen-bond acceptors (Lipinski definition) is 4. The summed E-state index contributed by atoms with van der Waals surface area (Å²) in [5, 5.41) is 2.91. The summed E-state index contributed by atoms with van der Waals surface area (Å²) in [6, 6.07) is 7.98. The van der Waals surface area contributed by atoms with Crippen molar-refractivity contribution in [2.24, 2.45) is 0 Å².